The Hall–Kier alpha value is -1.06. The van der Waals surface area contributed by atoms with Gasteiger partial charge in [0.15, 0.2) is 0 Å². The largest absolute Gasteiger partial charge is 0.496 e. The van der Waals surface area contributed by atoms with Crippen LogP contribution < -0.4 is 10.1 Å². The molecule has 1 fully saturated rings. The van der Waals surface area contributed by atoms with Crippen LogP contribution in [0.4, 0.5) is 0 Å². The van der Waals surface area contributed by atoms with E-state index in [4.69, 9.17) is 4.74 Å². The third-order valence-corrected chi connectivity index (χ3v) is 4.57. The van der Waals surface area contributed by atoms with Crippen LogP contribution in [0.3, 0.4) is 0 Å². The average molecular weight is 290 g/mol. The molecule has 0 radical (unpaired) electrons. The molecular formula is C18H30N2O. The Morgan fingerprint density at radius 2 is 2.10 bits per heavy atom. The van der Waals surface area contributed by atoms with Gasteiger partial charge in [-0.15, -0.1) is 0 Å². The van der Waals surface area contributed by atoms with E-state index in [9.17, 15) is 0 Å². The molecule has 0 amide bonds. The highest BCUT2D eigenvalue weighted by Gasteiger charge is 2.24. The number of para-hydroxylation sites is 1. The first-order chi connectivity index (χ1) is 10.2. The van der Waals surface area contributed by atoms with E-state index in [1.807, 2.05) is 6.07 Å². The van der Waals surface area contributed by atoms with Crippen molar-refractivity contribution in [2.75, 3.05) is 20.7 Å². The monoisotopic (exact) mass is 290 g/mol. The summed E-state index contributed by atoms with van der Waals surface area (Å²) in [5.41, 5.74) is 1.28. The average Bonchev–Trinajstić information content (AvgIpc) is 2.53. The fraction of sp³-hybridized carbons (Fsp3) is 0.667. The number of benzene rings is 1. The third-order valence-electron chi connectivity index (χ3n) is 4.57. The number of nitrogens with one attached hydrogen (secondary N) is 1. The lowest BCUT2D eigenvalue weighted by molar-refractivity contribution is 0.161. The van der Waals surface area contributed by atoms with Crippen molar-refractivity contribution >= 4 is 0 Å². The summed E-state index contributed by atoms with van der Waals surface area (Å²) in [5, 5.41) is 3.69. The van der Waals surface area contributed by atoms with Crippen LogP contribution >= 0.6 is 0 Å². The molecule has 0 saturated heterocycles. The van der Waals surface area contributed by atoms with Gasteiger partial charge in [0.05, 0.1) is 7.11 Å². The minimum Gasteiger partial charge on any atom is -0.496 e. The molecule has 2 atom stereocenters. The zero-order valence-corrected chi connectivity index (χ0v) is 13.8. The molecular weight excluding hydrogens is 260 g/mol. The quantitative estimate of drug-likeness (QED) is 0.832. The maximum Gasteiger partial charge on any atom is 0.123 e. The maximum absolute atomic E-state index is 5.47. The molecule has 0 bridgehead atoms. The molecule has 118 valence electrons. The minimum absolute atomic E-state index is 0.679. The van der Waals surface area contributed by atoms with Crippen LogP contribution in [0, 0.1) is 0 Å². The number of hydrogen-bond acceptors (Lipinski definition) is 3. The van der Waals surface area contributed by atoms with Crippen LogP contribution in [0.15, 0.2) is 24.3 Å². The van der Waals surface area contributed by atoms with Gasteiger partial charge in [0.1, 0.15) is 5.75 Å². The van der Waals surface area contributed by atoms with Crippen molar-refractivity contribution in [3.8, 4) is 5.75 Å². The Kier molecular flexibility index (Phi) is 6.52. The second-order valence-electron chi connectivity index (χ2n) is 6.20. The summed E-state index contributed by atoms with van der Waals surface area (Å²) in [4.78, 5) is 2.50. The number of ether oxygens (including phenoxy) is 1. The van der Waals surface area contributed by atoms with Crippen molar-refractivity contribution in [1.29, 1.82) is 0 Å². The van der Waals surface area contributed by atoms with Gasteiger partial charge in [-0.2, -0.15) is 0 Å². The van der Waals surface area contributed by atoms with Gasteiger partial charge < -0.3 is 10.1 Å². The van der Waals surface area contributed by atoms with E-state index in [0.717, 1.165) is 18.8 Å². The number of hydrogen-bond donors (Lipinski definition) is 1. The molecule has 0 aromatic heterocycles. The smallest absolute Gasteiger partial charge is 0.123 e. The fourth-order valence-electron chi connectivity index (χ4n) is 3.33. The predicted octanol–water partition coefficient (Wildman–Crippen LogP) is 3.44. The summed E-state index contributed by atoms with van der Waals surface area (Å²) in [5.74, 6) is 1.00. The lowest BCUT2D eigenvalue weighted by atomic mass is 9.90. The third kappa shape index (κ3) is 4.72. The van der Waals surface area contributed by atoms with Crippen LogP contribution in [0.5, 0.6) is 5.75 Å². The predicted molar refractivity (Wildman–Crippen MR) is 88.8 cm³/mol. The van der Waals surface area contributed by atoms with Crippen molar-refractivity contribution < 1.29 is 4.74 Å². The summed E-state index contributed by atoms with van der Waals surface area (Å²) in [7, 11) is 4.00. The zero-order valence-electron chi connectivity index (χ0n) is 13.8. The topological polar surface area (TPSA) is 24.5 Å². The van der Waals surface area contributed by atoms with Gasteiger partial charge in [-0.1, -0.05) is 31.5 Å². The lowest BCUT2D eigenvalue weighted by Gasteiger charge is -2.36. The first kappa shape index (κ1) is 16.3. The molecule has 1 aliphatic rings. The van der Waals surface area contributed by atoms with Gasteiger partial charge in [-0.25, -0.2) is 0 Å². The summed E-state index contributed by atoms with van der Waals surface area (Å²) in [6.07, 6.45) is 6.47. The molecule has 0 spiro atoms. The Labute approximate surface area is 129 Å². The molecule has 0 aliphatic heterocycles. The molecule has 1 aromatic carbocycles. The van der Waals surface area contributed by atoms with Gasteiger partial charge in [0.25, 0.3) is 0 Å². The summed E-state index contributed by atoms with van der Waals surface area (Å²) in [6.45, 7) is 4.35. The van der Waals surface area contributed by atoms with Crippen molar-refractivity contribution in [2.45, 2.75) is 57.7 Å². The highest BCUT2D eigenvalue weighted by Crippen LogP contribution is 2.26. The van der Waals surface area contributed by atoms with Gasteiger partial charge in [-0.3, -0.25) is 4.90 Å². The standard InChI is InChI=1S/C18H30N2O/c1-4-12-19-16-9-7-10-17(13-16)20(2)14-15-8-5-6-11-18(15)21-3/h5-6,8,11,16-17,19H,4,7,9-10,12-14H2,1-3H3. The molecule has 1 saturated carbocycles. The Morgan fingerprint density at radius 3 is 2.86 bits per heavy atom. The molecule has 0 heterocycles. The second kappa shape index (κ2) is 8.40. The van der Waals surface area contributed by atoms with Gasteiger partial charge in [0.2, 0.25) is 0 Å². The highest BCUT2D eigenvalue weighted by molar-refractivity contribution is 5.33. The van der Waals surface area contributed by atoms with Crippen LogP contribution in [-0.4, -0.2) is 37.7 Å². The SMILES string of the molecule is CCCNC1CCCC(N(C)Cc2ccccc2OC)C1. The second-order valence-corrected chi connectivity index (χ2v) is 6.20. The fourth-order valence-corrected chi connectivity index (χ4v) is 3.33. The van der Waals surface area contributed by atoms with E-state index in [0.29, 0.717) is 12.1 Å². The lowest BCUT2D eigenvalue weighted by Crippen LogP contribution is -2.42. The molecule has 2 unspecified atom stereocenters. The molecule has 3 heteroatoms. The Bertz CT molecular complexity index is 421. The summed E-state index contributed by atoms with van der Waals surface area (Å²) < 4.78 is 5.47. The zero-order chi connectivity index (χ0) is 15.1. The van der Waals surface area contributed by atoms with Gasteiger partial charge in [-0.05, 0) is 45.3 Å². The summed E-state index contributed by atoms with van der Waals surface area (Å²) >= 11 is 0. The van der Waals surface area contributed by atoms with E-state index >= 15 is 0 Å². The van der Waals surface area contributed by atoms with Crippen LogP contribution in [0.1, 0.15) is 44.6 Å². The molecule has 2 rings (SSSR count). The normalized spacial score (nSPS) is 22.5. The highest BCUT2D eigenvalue weighted by atomic mass is 16.5. The number of methoxy groups -OCH3 is 1. The van der Waals surface area contributed by atoms with E-state index in [2.05, 4.69) is 42.4 Å². The Morgan fingerprint density at radius 1 is 1.29 bits per heavy atom. The van der Waals surface area contributed by atoms with Crippen molar-refractivity contribution in [1.82, 2.24) is 10.2 Å². The van der Waals surface area contributed by atoms with Gasteiger partial charge in [0, 0.05) is 24.2 Å². The van der Waals surface area contributed by atoms with Crippen molar-refractivity contribution in [3.63, 3.8) is 0 Å². The first-order valence-electron chi connectivity index (χ1n) is 8.30. The van der Waals surface area contributed by atoms with Crippen LogP contribution in [0.2, 0.25) is 0 Å². The summed E-state index contributed by atoms with van der Waals surface area (Å²) in [6, 6.07) is 9.73. The number of nitrogens with zero attached hydrogens (tertiary/aromatic N) is 1. The van der Waals surface area contributed by atoms with E-state index in [1.165, 1.54) is 37.7 Å². The van der Waals surface area contributed by atoms with Gasteiger partial charge >= 0.3 is 0 Å². The molecule has 3 nitrogen and oxygen atoms in total. The van der Waals surface area contributed by atoms with E-state index in [1.54, 1.807) is 7.11 Å². The maximum atomic E-state index is 5.47. The molecule has 1 N–H and O–H groups in total. The van der Waals surface area contributed by atoms with Crippen molar-refractivity contribution in [3.05, 3.63) is 29.8 Å². The molecule has 1 aromatic rings. The number of rotatable bonds is 7. The minimum atomic E-state index is 0.679. The molecule has 1 aliphatic carbocycles. The Balaban J connectivity index is 1.91. The van der Waals surface area contributed by atoms with Crippen molar-refractivity contribution in [2.24, 2.45) is 0 Å². The first-order valence-corrected chi connectivity index (χ1v) is 8.30. The van der Waals surface area contributed by atoms with E-state index in [-0.39, 0.29) is 0 Å². The molecule has 21 heavy (non-hydrogen) atoms. The van der Waals surface area contributed by atoms with Crippen LogP contribution in [-0.2, 0) is 6.54 Å². The van der Waals surface area contributed by atoms with E-state index < -0.39 is 0 Å². The van der Waals surface area contributed by atoms with Crippen LogP contribution in [0.25, 0.3) is 0 Å².